The zero-order valence-electron chi connectivity index (χ0n) is 7.62. The summed E-state index contributed by atoms with van der Waals surface area (Å²) in [5.41, 5.74) is 0. The third-order valence-corrected chi connectivity index (χ3v) is 2.49. The molecule has 0 spiro atoms. The molecule has 2 rings (SSSR count). The zero-order valence-corrected chi connectivity index (χ0v) is 7.62. The fraction of sp³-hybridized carbons (Fsp3) is 0.889. The smallest absolute Gasteiger partial charge is 0.323 e. The summed E-state index contributed by atoms with van der Waals surface area (Å²) in [6.45, 7) is 2.07. The summed E-state index contributed by atoms with van der Waals surface area (Å²) in [4.78, 5) is 11.5. The van der Waals surface area contributed by atoms with Crippen LogP contribution in [-0.2, 0) is 14.3 Å². The summed E-state index contributed by atoms with van der Waals surface area (Å²) in [5.74, 6) is -0.104. The van der Waals surface area contributed by atoms with Crippen molar-refractivity contribution in [2.45, 2.75) is 31.4 Å². The molecule has 2 aliphatic rings. The minimum Gasteiger partial charge on any atom is -0.456 e. The number of hydrogen-bond donors (Lipinski definition) is 1. The number of esters is 1. The van der Waals surface area contributed by atoms with Crippen LogP contribution in [0.3, 0.4) is 0 Å². The predicted octanol–water partition coefficient (Wildman–Crippen LogP) is 0.0705. The zero-order chi connectivity index (χ0) is 9.10. The Bertz CT molecular complexity index is 185. The highest BCUT2D eigenvalue weighted by molar-refractivity contribution is 5.76. The van der Waals surface area contributed by atoms with Gasteiger partial charge in [-0.2, -0.15) is 0 Å². The minimum atomic E-state index is -0.104. The molecule has 2 heterocycles. The molecule has 0 saturated carbocycles. The first-order valence-electron chi connectivity index (χ1n) is 4.88. The van der Waals surface area contributed by atoms with Gasteiger partial charge < -0.3 is 14.8 Å². The van der Waals surface area contributed by atoms with E-state index in [-0.39, 0.29) is 18.1 Å². The first-order valence-corrected chi connectivity index (χ1v) is 4.88. The number of ether oxygens (including phenoxy) is 2. The summed E-state index contributed by atoms with van der Waals surface area (Å²) >= 11 is 0. The standard InChI is InChI=1S/C9H15NO3/c11-9(13-7-5-12-6-7)8-3-1-2-4-10-8/h7-8,10H,1-6H2/t8-/m1/s1. The van der Waals surface area contributed by atoms with Gasteiger partial charge in [-0.3, -0.25) is 4.79 Å². The van der Waals surface area contributed by atoms with Crippen molar-refractivity contribution in [3.05, 3.63) is 0 Å². The largest absolute Gasteiger partial charge is 0.456 e. The average Bonchev–Trinajstić information content (AvgIpc) is 2.12. The van der Waals surface area contributed by atoms with Crippen molar-refractivity contribution in [1.29, 1.82) is 0 Å². The van der Waals surface area contributed by atoms with Crippen molar-refractivity contribution in [3.63, 3.8) is 0 Å². The van der Waals surface area contributed by atoms with Gasteiger partial charge in [-0.25, -0.2) is 0 Å². The van der Waals surface area contributed by atoms with E-state index in [2.05, 4.69) is 5.32 Å². The van der Waals surface area contributed by atoms with Gasteiger partial charge in [0.05, 0.1) is 13.2 Å². The van der Waals surface area contributed by atoms with Crippen LogP contribution in [0.1, 0.15) is 19.3 Å². The highest BCUT2D eigenvalue weighted by atomic mass is 16.6. The van der Waals surface area contributed by atoms with Gasteiger partial charge in [0.1, 0.15) is 12.1 Å². The molecule has 0 aromatic carbocycles. The summed E-state index contributed by atoms with van der Waals surface area (Å²) < 4.78 is 10.1. The second-order valence-corrected chi connectivity index (χ2v) is 3.60. The number of rotatable bonds is 2. The van der Waals surface area contributed by atoms with E-state index in [9.17, 15) is 4.79 Å². The highest BCUT2D eigenvalue weighted by Crippen LogP contribution is 2.12. The Labute approximate surface area is 77.6 Å². The Hall–Kier alpha value is -0.610. The van der Waals surface area contributed by atoms with Crippen LogP contribution in [-0.4, -0.2) is 37.9 Å². The van der Waals surface area contributed by atoms with Crippen LogP contribution in [0.15, 0.2) is 0 Å². The SMILES string of the molecule is O=C(OC1COC1)[C@H]1CCCCN1. The topological polar surface area (TPSA) is 47.6 Å². The van der Waals surface area contributed by atoms with Gasteiger partial charge >= 0.3 is 5.97 Å². The van der Waals surface area contributed by atoms with E-state index in [1.165, 1.54) is 0 Å². The van der Waals surface area contributed by atoms with Crippen molar-refractivity contribution < 1.29 is 14.3 Å². The minimum absolute atomic E-state index is 0.0104. The molecule has 2 fully saturated rings. The Kier molecular flexibility index (Phi) is 2.80. The summed E-state index contributed by atoms with van der Waals surface area (Å²) in [5, 5.41) is 3.16. The Morgan fingerprint density at radius 2 is 2.23 bits per heavy atom. The van der Waals surface area contributed by atoms with Crippen LogP contribution in [0, 0.1) is 0 Å². The molecule has 2 saturated heterocycles. The Morgan fingerprint density at radius 1 is 1.38 bits per heavy atom. The molecule has 13 heavy (non-hydrogen) atoms. The second-order valence-electron chi connectivity index (χ2n) is 3.60. The van der Waals surface area contributed by atoms with Crippen molar-refractivity contribution in [2.75, 3.05) is 19.8 Å². The van der Waals surface area contributed by atoms with Gasteiger partial charge in [-0.05, 0) is 19.4 Å². The fourth-order valence-corrected chi connectivity index (χ4v) is 1.58. The molecule has 0 radical (unpaired) electrons. The molecule has 0 unspecified atom stereocenters. The van der Waals surface area contributed by atoms with E-state index in [0.717, 1.165) is 25.8 Å². The maximum Gasteiger partial charge on any atom is 0.323 e. The first kappa shape index (κ1) is 8.97. The molecule has 74 valence electrons. The lowest BCUT2D eigenvalue weighted by molar-refractivity contribution is -0.175. The lowest BCUT2D eigenvalue weighted by Crippen LogP contribution is -2.46. The van der Waals surface area contributed by atoms with Crippen LogP contribution in [0.4, 0.5) is 0 Å². The van der Waals surface area contributed by atoms with Crippen molar-refractivity contribution in [3.8, 4) is 0 Å². The lowest BCUT2D eigenvalue weighted by atomic mass is 10.1. The highest BCUT2D eigenvalue weighted by Gasteiger charge is 2.28. The summed E-state index contributed by atoms with van der Waals surface area (Å²) in [6.07, 6.45) is 3.20. The monoisotopic (exact) mass is 185 g/mol. The molecule has 0 aliphatic carbocycles. The van der Waals surface area contributed by atoms with E-state index in [0.29, 0.717) is 13.2 Å². The maximum absolute atomic E-state index is 11.5. The van der Waals surface area contributed by atoms with Crippen molar-refractivity contribution >= 4 is 5.97 Å². The number of nitrogens with one attached hydrogen (secondary N) is 1. The van der Waals surface area contributed by atoms with Gasteiger partial charge in [0.25, 0.3) is 0 Å². The van der Waals surface area contributed by atoms with E-state index in [4.69, 9.17) is 9.47 Å². The number of carbonyl (C=O) groups excluding carboxylic acids is 1. The van der Waals surface area contributed by atoms with Gasteiger partial charge in [0, 0.05) is 0 Å². The summed E-state index contributed by atoms with van der Waals surface area (Å²) in [6, 6.07) is -0.0747. The van der Waals surface area contributed by atoms with Crippen molar-refractivity contribution in [1.82, 2.24) is 5.32 Å². The first-order chi connectivity index (χ1) is 6.36. The fourth-order valence-electron chi connectivity index (χ4n) is 1.58. The number of piperidine rings is 1. The van der Waals surface area contributed by atoms with Crippen LogP contribution in [0.2, 0.25) is 0 Å². The average molecular weight is 185 g/mol. The van der Waals surface area contributed by atoms with E-state index in [1.54, 1.807) is 0 Å². The van der Waals surface area contributed by atoms with E-state index in [1.807, 2.05) is 0 Å². The molecule has 0 aromatic heterocycles. The van der Waals surface area contributed by atoms with E-state index < -0.39 is 0 Å². The van der Waals surface area contributed by atoms with E-state index >= 15 is 0 Å². The van der Waals surface area contributed by atoms with Crippen LogP contribution < -0.4 is 5.32 Å². The summed E-state index contributed by atoms with van der Waals surface area (Å²) in [7, 11) is 0. The van der Waals surface area contributed by atoms with Crippen LogP contribution in [0.5, 0.6) is 0 Å². The molecule has 4 nitrogen and oxygen atoms in total. The third kappa shape index (κ3) is 2.19. The third-order valence-electron chi connectivity index (χ3n) is 2.49. The van der Waals surface area contributed by atoms with Crippen LogP contribution in [0.25, 0.3) is 0 Å². The molecule has 4 heteroatoms. The van der Waals surface area contributed by atoms with Crippen LogP contribution >= 0.6 is 0 Å². The lowest BCUT2D eigenvalue weighted by Gasteiger charge is -2.29. The molecule has 1 N–H and O–H groups in total. The predicted molar refractivity (Wildman–Crippen MR) is 46.3 cm³/mol. The quantitative estimate of drug-likeness (QED) is 0.618. The molecular weight excluding hydrogens is 170 g/mol. The number of hydrogen-bond acceptors (Lipinski definition) is 4. The molecule has 2 aliphatic heterocycles. The molecule has 0 amide bonds. The van der Waals surface area contributed by atoms with Crippen molar-refractivity contribution in [2.24, 2.45) is 0 Å². The van der Waals surface area contributed by atoms with Gasteiger partial charge in [0.2, 0.25) is 0 Å². The van der Waals surface area contributed by atoms with Gasteiger partial charge in [-0.15, -0.1) is 0 Å². The molecule has 1 atom stereocenters. The maximum atomic E-state index is 11.5. The molecule has 0 aromatic rings. The molecular formula is C9H15NO3. The molecule has 0 bridgehead atoms. The van der Waals surface area contributed by atoms with Gasteiger partial charge in [-0.1, -0.05) is 6.42 Å². The Balaban J connectivity index is 1.74. The van der Waals surface area contributed by atoms with Gasteiger partial charge in [0.15, 0.2) is 0 Å². The normalized spacial score (nSPS) is 29.4. The second kappa shape index (κ2) is 4.07. The number of carbonyl (C=O) groups is 1. The Morgan fingerprint density at radius 3 is 2.77 bits per heavy atom.